The molecule has 6 nitrogen and oxygen atoms in total. The van der Waals surface area contributed by atoms with Gasteiger partial charge >= 0.3 is 7.60 Å². The lowest BCUT2D eigenvalue weighted by atomic mass is 10.2. The van der Waals surface area contributed by atoms with Gasteiger partial charge < -0.3 is 15.5 Å². The number of nitrogens with two attached hydrogens (primary N) is 1. The van der Waals surface area contributed by atoms with Crippen molar-refractivity contribution in [1.29, 1.82) is 0 Å². The molecule has 0 rings (SSSR count). The van der Waals surface area contributed by atoms with Crippen LogP contribution in [0, 0.1) is 0 Å². The highest BCUT2D eigenvalue weighted by Crippen LogP contribution is 2.32. The molecular formula is C5H13N2O4P. The fourth-order valence-electron chi connectivity index (χ4n) is 0.675. The molecular weight excluding hydrogens is 183 g/mol. The molecule has 1 unspecified atom stereocenters. The third-order valence-electron chi connectivity index (χ3n) is 1.30. The van der Waals surface area contributed by atoms with E-state index in [1.807, 2.05) is 0 Å². The van der Waals surface area contributed by atoms with E-state index in [4.69, 9.17) is 15.5 Å². The Morgan fingerprint density at radius 3 is 2.42 bits per heavy atom. The zero-order valence-corrected chi connectivity index (χ0v) is 7.62. The molecule has 72 valence electrons. The monoisotopic (exact) mass is 196 g/mol. The Balaban J connectivity index is 3.90. The zero-order valence-electron chi connectivity index (χ0n) is 6.73. The van der Waals surface area contributed by atoms with Gasteiger partial charge in [0.1, 0.15) is 0 Å². The van der Waals surface area contributed by atoms with E-state index in [-0.39, 0.29) is 0 Å². The molecule has 0 heterocycles. The Hall–Kier alpha value is -0.420. The normalized spacial score (nSPS) is 14.2. The fraction of sp³-hybridized carbons (Fsp3) is 0.800. The van der Waals surface area contributed by atoms with Crippen molar-refractivity contribution in [2.24, 2.45) is 5.73 Å². The SMILES string of the molecule is CCC(NCP(=O)(O)O)C(N)=O. The Kier molecular flexibility index (Phi) is 4.41. The summed E-state index contributed by atoms with van der Waals surface area (Å²) in [5.74, 6) is -0.606. The van der Waals surface area contributed by atoms with E-state index in [2.05, 4.69) is 5.32 Å². The van der Waals surface area contributed by atoms with Crippen molar-refractivity contribution in [3.63, 3.8) is 0 Å². The van der Waals surface area contributed by atoms with Crippen LogP contribution in [0.3, 0.4) is 0 Å². The predicted molar refractivity (Wildman–Crippen MR) is 43.3 cm³/mol. The largest absolute Gasteiger partial charge is 0.368 e. The van der Waals surface area contributed by atoms with E-state index >= 15 is 0 Å². The van der Waals surface area contributed by atoms with Gasteiger partial charge in [-0.2, -0.15) is 0 Å². The average molecular weight is 196 g/mol. The van der Waals surface area contributed by atoms with Crippen LogP contribution in [-0.2, 0) is 9.36 Å². The van der Waals surface area contributed by atoms with Crippen molar-refractivity contribution in [3.8, 4) is 0 Å². The number of hydrogen-bond donors (Lipinski definition) is 4. The highest BCUT2D eigenvalue weighted by atomic mass is 31.2. The Labute approximate surface area is 70.3 Å². The summed E-state index contributed by atoms with van der Waals surface area (Å²) in [7, 11) is -4.09. The van der Waals surface area contributed by atoms with Crippen LogP contribution in [0.4, 0.5) is 0 Å². The summed E-state index contributed by atoms with van der Waals surface area (Å²) in [6, 6.07) is -0.669. The molecule has 0 saturated heterocycles. The van der Waals surface area contributed by atoms with Gasteiger partial charge in [-0.1, -0.05) is 6.92 Å². The number of carbonyl (C=O) groups is 1. The van der Waals surface area contributed by atoms with Crippen LogP contribution in [-0.4, -0.2) is 28.0 Å². The van der Waals surface area contributed by atoms with Gasteiger partial charge in [-0.15, -0.1) is 0 Å². The molecule has 12 heavy (non-hydrogen) atoms. The molecule has 7 heteroatoms. The summed E-state index contributed by atoms with van der Waals surface area (Å²) < 4.78 is 10.4. The first-order valence-corrected chi connectivity index (χ1v) is 5.24. The molecule has 0 aliphatic rings. The van der Waals surface area contributed by atoms with Gasteiger partial charge in [0.05, 0.1) is 12.3 Å². The second-order valence-corrected chi connectivity index (χ2v) is 4.04. The van der Waals surface area contributed by atoms with E-state index < -0.39 is 25.8 Å². The van der Waals surface area contributed by atoms with E-state index in [9.17, 15) is 9.36 Å². The Morgan fingerprint density at radius 1 is 1.67 bits per heavy atom. The molecule has 0 aromatic carbocycles. The molecule has 0 aromatic heterocycles. The first-order valence-electron chi connectivity index (χ1n) is 3.44. The highest BCUT2D eigenvalue weighted by molar-refractivity contribution is 7.51. The maximum Gasteiger partial charge on any atom is 0.339 e. The number of carbonyl (C=O) groups excluding carboxylic acids is 1. The number of rotatable bonds is 5. The summed E-state index contributed by atoms with van der Waals surface area (Å²) in [5.41, 5.74) is 4.92. The summed E-state index contributed by atoms with van der Waals surface area (Å²) in [6.45, 7) is 1.70. The summed E-state index contributed by atoms with van der Waals surface area (Å²) in [4.78, 5) is 27.4. The van der Waals surface area contributed by atoms with E-state index in [1.54, 1.807) is 6.92 Å². The molecule has 0 radical (unpaired) electrons. The second kappa shape index (κ2) is 4.57. The summed E-state index contributed by atoms with van der Waals surface area (Å²) in [5, 5.41) is 2.37. The van der Waals surface area contributed by atoms with Crippen LogP contribution < -0.4 is 11.1 Å². The number of amides is 1. The quantitative estimate of drug-likeness (QED) is 0.420. The van der Waals surface area contributed by atoms with Crippen molar-refractivity contribution in [2.45, 2.75) is 19.4 Å². The standard InChI is InChI=1S/C5H13N2O4P/c1-2-4(5(6)8)7-3-12(9,10)11/h4,7H,2-3H2,1H3,(H2,6,8)(H2,9,10,11). The summed E-state index contributed by atoms with van der Waals surface area (Å²) >= 11 is 0. The van der Waals surface area contributed by atoms with Gasteiger partial charge in [-0.25, -0.2) is 0 Å². The molecule has 1 atom stereocenters. The lowest BCUT2D eigenvalue weighted by Crippen LogP contribution is -2.41. The molecule has 0 fully saturated rings. The van der Waals surface area contributed by atoms with Crippen molar-refractivity contribution < 1.29 is 19.1 Å². The zero-order chi connectivity index (χ0) is 9.78. The topological polar surface area (TPSA) is 113 Å². The van der Waals surface area contributed by atoms with Gasteiger partial charge in [0.25, 0.3) is 0 Å². The second-order valence-electron chi connectivity index (χ2n) is 2.39. The smallest absolute Gasteiger partial charge is 0.339 e. The van der Waals surface area contributed by atoms with Gasteiger partial charge in [0.15, 0.2) is 0 Å². The molecule has 5 N–H and O–H groups in total. The molecule has 0 saturated carbocycles. The highest BCUT2D eigenvalue weighted by Gasteiger charge is 2.18. The van der Waals surface area contributed by atoms with E-state index in [1.165, 1.54) is 0 Å². The van der Waals surface area contributed by atoms with Crippen molar-refractivity contribution in [1.82, 2.24) is 5.32 Å². The Morgan fingerprint density at radius 2 is 2.17 bits per heavy atom. The number of nitrogens with one attached hydrogen (secondary N) is 1. The van der Waals surface area contributed by atoms with E-state index in [0.717, 1.165) is 0 Å². The van der Waals surface area contributed by atoms with Crippen LogP contribution in [0.1, 0.15) is 13.3 Å². The molecule has 0 aliphatic carbocycles. The van der Waals surface area contributed by atoms with Gasteiger partial charge in [0.2, 0.25) is 5.91 Å². The lowest BCUT2D eigenvalue weighted by molar-refractivity contribution is -0.120. The molecule has 0 aromatic rings. The average Bonchev–Trinajstić information content (AvgIpc) is 1.85. The van der Waals surface area contributed by atoms with Crippen LogP contribution in [0.15, 0.2) is 0 Å². The van der Waals surface area contributed by atoms with Crippen molar-refractivity contribution in [2.75, 3.05) is 6.29 Å². The first kappa shape index (κ1) is 11.6. The van der Waals surface area contributed by atoms with Crippen LogP contribution in [0.5, 0.6) is 0 Å². The van der Waals surface area contributed by atoms with E-state index in [0.29, 0.717) is 6.42 Å². The predicted octanol–water partition coefficient (Wildman–Crippen LogP) is -1.02. The van der Waals surface area contributed by atoms with Gasteiger partial charge in [-0.05, 0) is 6.42 Å². The molecule has 1 amide bonds. The number of primary amides is 1. The minimum Gasteiger partial charge on any atom is -0.368 e. The third kappa shape index (κ3) is 5.26. The third-order valence-corrected chi connectivity index (χ3v) is 1.89. The van der Waals surface area contributed by atoms with Gasteiger partial charge in [0, 0.05) is 0 Å². The minimum atomic E-state index is -4.09. The number of hydrogen-bond acceptors (Lipinski definition) is 3. The van der Waals surface area contributed by atoms with Crippen LogP contribution in [0.2, 0.25) is 0 Å². The Bertz CT molecular complexity index is 202. The summed E-state index contributed by atoms with van der Waals surface area (Å²) in [6.07, 6.45) is -0.107. The van der Waals surface area contributed by atoms with Crippen molar-refractivity contribution >= 4 is 13.5 Å². The maximum atomic E-state index is 10.6. The van der Waals surface area contributed by atoms with Crippen molar-refractivity contribution in [3.05, 3.63) is 0 Å². The minimum absolute atomic E-state index is 0.412. The lowest BCUT2D eigenvalue weighted by Gasteiger charge is -2.13. The molecule has 0 spiro atoms. The molecule has 0 bridgehead atoms. The van der Waals surface area contributed by atoms with Gasteiger partial charge in [-0.3, -0.25) is 14.7 Å². The first-order chi connectivity index (χ1) is 5.37. The fourth-order valence-corrected chi connectivity index (χ4v) is 1.13. The molecule has 0 aliphatic heterocycles. The maximum absolute atomic E-state index is 10.6. The van der Waals surface area contributed by atoms with Crippen LogP contribution >= 0.6 is 7.60 Å². The van der Waals surface area contributed by atoms with Crippen LogP contribution in [0.25, 0.3) is 0 Å².